The summed E-state index contributed by atoms with van der Waals surface area (Å²) < 4.78 is 36.1. The zero-order valence-corrected chi connectivity index (χ0v) is 23.7. The number of methoxy groups -OCH3 is 1. The third-order valence-corrected chi connectivity index (χ3v) is 9.27. The van der Waals surface area contributed by atoms with Gasteiger partial charge < -0.3 is 10.1 Å². The van der Waals surface area contributed by atoms with Crippen molar-refractivity contribution in [3.05, 3.63) is 70.7 Å². The van der Waals surface area contributed by atoms with Gasteiger partial charge in [0.15, 0.2) is 11.3 Å². The van der Waals surface area contributed by atoms with Crippen molar-refractivity contribution >= 4 is 27.3 Å². The van der Waals surface area contributed by atoms with Crippen LogP contribution in [0, 0.1) is 27.7 Å². The van der Waals surface area contributed by atoms with Gasteiger partial charge in [0, 0.05) is 30.2 Å². The molecule has 1 saturated heterocycles. The molecule has 10 heteroatoms. The van der Waals surface area contributed by atoms with Crippen LogP contribution in [0.1, 0.15) is 52.3 Å². The molecule has 1 fully saturated rings. The van der Waals surface area contributed by atoms with Crippen LogP contribution in [0.15, 0.2) is 47.4 Å². The molecule has 3 heterocycles. The average molecular weight is 548 g/mol. The number of aryl methyl sites for hydroxylation is 3. The molecule has 39 heavy (non-hydrogen) atoms. The smallest absolute Gasteiger partial charge is 0.276 e. The van der Waals surface area contributed by atoms with Gasteiger partial charge in [0.2, 0.25) is 10.0 Å². The first-order valence-electron chi connectivity index (χ1n) is 13.0. The lowest BCUT2D eigenvalue weighted by atomic mass is 10.0. The van der Waals surface area contributed by atoms with Gasteiger partial charge in [-0.2, -0.15) is 9.40 Å². The Hall–Kier alpha value is -3.76. The maximum atomic E-state index is 13.7. The van der Waals surface area contributed by atoms with E-state index in [2.05, 4.69) is 10.4 Å². The van der Waals surface area contributed by atoms with E-state index in [1.165, 1.54) is 11.4 Å². The largest absolute Gasteiger partial charge is 0.495 e. The Kier molecular flexibility index (Phi) is 7.17. The maximum Gasteiger partial charge on any atom is 0.276 e. The van der Waals surface area contributed by atoms with Gasteiger partial charge in [-0.1, -0.05) is 24.6 Å². The summed E-state index contributed by atoms with van der Waals surface area (Å²) >= 11 is 0. The number of sulfonamides is 1. The molecular formula is C29H33N5O4S. The zero-order chi connectivity index (χ0) is 27.9. The number of benzene rings is 2. The predicted molar refractivity (Wildman–Crippen MR) is 151 cm³/mol. The first-order chi connectivity index (χ1) is 18.6. The van der Waals surface area contributed by atoms with Gasteiger partial charge in [0.25, 0.3) is 5.91 Å². The fourth-order valence-corrected chi connectivity index (χ4v) is 6.79. The number of hydrogen-bond acceptors (Lipinski definition) is 6. The molecule has 1 aliphatic heterocycles. The third kappa shape index (κ3) is 4.90. The van der Waals surface area contributed by atoms with Crippen LogP contribution in [0.3, 0.4) is 0 Å². The topological polar surface area (TPSA) is 106 Å². The summed E-state index contributed by atoms with van der Waals surface area (Å²) in [5.41, 5.74) is 5.88. The number of nitrogens with one attached hydrogen (secondary N) is 1. The van der Waals surface area contributed by atoms with E-state index in [0.29, 0.717) is 35.6 Å². The fourth-order valence-electron chi connectivity index (χ4n) is 5.09. The molecule has 4 aromatic rings. The summed E-state index contributed by atoms with van der Waals surface area (Å²) in [5.74, 6) is -0.153. The van der Waals surface area contributed by atoms with Crippen molar-refractivity contribution in [2.24, 2.45) is 0 Å². The van der Waals surface area contributed by atoms with Gasteiger partial charge in [0.1, 0.15) is 10.6 Å². The van der Waals surface area contributed by atoms with Crippen molar-refractivity contribution in [1.29, 1.82) is 0 Å². The highest BCUT2D eigenvalue weighted by Crippen LogP contribution is 2.36. The highest BCUT2D eigenvalue weighted by Gasteiger charge is 2.31. The minimum absolute atomic E-state index is 0.0639. The van der Waals surface area contributed by atoms with Crippen LogP contribution in [0.5, 0.6) is 5.75 Å². The van der Waals surface area contributed by atoms with Gasteiger partial charge in [-0.15, -0.1) is 0 Å². The molecule has 1 aliphatic rings. The molecule has 9 nitrogen and oxygen atoms in total. The van der Waals surface area contributed by atoms with Crippen LogP contribution in [0.25, 0.3) is 16.8 Å². The lowest BCUT2D eigenvalue weighted by Crippen LogP contribution is -2.35. The van der Waals surface area contributed by atoms with E-state index in [1.54, 1.807) is 22.7 Å². The molecule has 1 amide bonds. The first kappa shape index (κ1) is 26.8. The summed E-state index contributed by atoms with van der Waals surface area (Å²) in [6, 6.07) is 12.6. The number of amides is 1. The van der Waals surface area contributed by atoms with E-state index >= 15 is 0 Å². The Morgan fingerprint density at radius 3 is 2.46 bits per heavy atom. The number of aromatic nitrogens is 3. The lowest BCUT2D eigenvalue weighted by Gasteiger charge is -2.26. The summed E-state index contributed by atoms with van der Waals surface area (Å²) in [6.45, 7) is 8.64. The van der Waals surface area contributed by atoms with Gasteiger partial charge in [-0.25, -0.2) is 17.9 Å². The number of rotatable bonds is 6. The SMILES string of the molecule is COc1ccc(-c2c(C(=O)Nc3cccc(C)c3C)nn3c(C)cc(C)nc23)cc1S(=O)(=O)N1CCCCC1. The number of ether oxygens (including phenoxy) is 1. The molecule has 0 aliphatic carbocycles. The Labute approximate surface area is 228 Å². The Morgan fingerprint density at radius 1 is 1.00 bits per heavy atom. The molecule has 0 radical (unpaired) electrons. The molecule has 0 saturated carbocycles. The van der Waals surface area contributed by atoms with E-state index < -0.39 is 15.9 Å². The molecule has 204 valence electrons. The maximum absolute atomic E-state index is 13.7. The van der Waals surface area contributed by atoms with Gasteiger partial charge >= 0.3 is 0 Å². The van der Waals surface area contributed by atoms with E-state index in [-0.39, 0.29) is 16.3 Å². The molecule has 0 spiro atoms. The second-order valence-electron chi connectivity index (χ2n) is 10.0. The van der Waals surface area contributed by atoms with Crippen molar-refractivity contribution < 1.29 is 17.9 Å². The summed E-state index contributed by atoms with van der Waals surface area (Å²) in [7, 11) is -2.36. The third-order valence-electron chi connectivity index (χ3n) is 7.35. The highest BCUT2D eigenvalue weighted by molar-refractivity contribution is 7.89. The molecule has 5 rings (SSSR count). The summed E-state index contributed by atoms with van der Waals surface area (Å²) in [4.78, 5) is 18.5. The molecule has 0 atom stereocenters. The summed E-state index contributed by atoms with van der Waals surface area (Å²) in [5, 5.41) is 7.65. The van der Waals surface area contributed by atoms with E-state index in [0.717, 1.165) is 41.8 Å². The number of piperidine rings is 1. The molecule has 2 aromatic carbocycles. The Morgan fingerprint density at radius 2 is 1.74 bits per heavy atom. The zero-order valence-electron chi connectivity index (χ0n) is 22.9. The monoisotopic (exact) mass is 547 g/mol. The lowest BCUT2D eigenvalue weighted by molar-refractivity contribution is 0.102. The molecule has 1 N–H and O–H groups in total. The predicted octanol–water partition coefficient (Wildman–Crippen LogP) is 5.07. The number of carbonyl (C=O) groups excluding carboxylic acids is 1. The number of anilines is 1. The Bertz CT molecular complexity index is 1690. The van der Waals surface area contributed by atoms with E-state index in [4.69, 9.17) is 9.72 Å². The second-order valence-corrected chi connectivity index (χ2v) is 11.9. The molecule has 0 bridgehead atoms. The van der Waals surface area contributed by atoms with Crippen LogP contribution in [-0.4, -0.2) is 53.4 Å². The standard InChI is InChI=1S/C29H33N5O4S/c1-18-10-9-11-23(21(18)4)31-29(35)27-26(28-30-19(2)16-20(3)34(28)32-27)22-12-13-24(38-5)25(17-22)39(36,37)33-14-7-6-8-15-33/h9-13,16-17H,6-8,14-15H2,1-5H3,(H,31,35). The summed E-state index contributed by atoms with van der Waals surface area (Å²) in [6.07, 6.45) is 2.65. The van der Waals surface area contributed by atoms with Crippen molar-refractivity contribution in [3.8, 4) is 16.9 Å². The van der Waals surface area contributed by atoms with Crippen LogP contribution < -0.4 is 10.1 Å². The normalized spacial score (nSPS) is 14.5. The molecular weight excluding hydrogens is 514 g/mol. The average Bonchev–Trinajstić information content (AvgIpc) is 3.31. The van der Waals surface area contributed by atoms with Gasteiger partial charge in [-0.05, 0) is 81.5 Å². The minimum atomic E-state index is -3.82. The van der Waals surface area contributed by atoms with Crippen molar-refractivity contribution in [1.82, 2.24) is 18.9 Å². The number of carbonyl (C=O) groups is 1. The van der Waals surface area contributed by atoms with Crippen LogP contribution in [-0.2, 0) is 10.0 Å². The Balaban J connectivity index is 1.70. The van der Waals surface area contributed by atoms with Crippen LogP contribution >= 0.6 is 0 Å². The first-order valence-corrected chi connectivity index (χ1v) is 14.5. The quantitative estimate of drug-likeness (QED) is 0.362. The van der Waals surface area contributed by atoms with Crippen LogP contribution in [0.2, 0.25) is 0 Å². The van der Waals surface area contributed by atoms with E-state index in [1.807, 2.05) is 52.0 Å². The van der Waals surface area contributed by atoms with Crippen LogP contribution in [0.4, 0.5) is 5.69 Å². The fraction of sp³-hybridized carbons (Fsp3) is 0.345. The number of nitrogens with zero attached hydrogens (tertiary/aromatic N) is 4. The van der Waals surface area contributed by atoms with Crippen molar-refractivity contribution in [2.45, 2.75) is 51.9 Å². The highest BCUT2D eigenvalue weighted by atomic mass is 32.2. The van der Waals surface area contributed by atoms with Gasteiger partial charge in [0.05, 0.1) is 12.7 Å². The van der Waals surface area contributed by atoms with Crippen molar-refractivity contribution in [2.75, 3.05) is 25.5 Å². The number of fused-ring (bicyclic) bond motifs is 1. The second kappa shape index (κ2) is 10.4. The molecule has 2 aromatic heterocycles. The van der Waals surface area contributed by atoms with Crippen molar-refractivity contribution in [3.63, 3.8) is 0 Å². The number of hydrogen-bond donors (Lipinski definition) is 1. The van der Waals surface area contributed by atoms with Gasteiger partial charge in [-0.3, -0.25) is 4.79 Å². The van der Waals surface area contributed by atoms with E-state index in [9.17, 15) is 13.2 Å². The minimum Gasteiger partial charge on any atom is -0.495 e. The molecule has 0 unspecified atom stereocenters.